The Hall–Kier alpha value is -3.06. The van der Waals surface area contributed by atoms with Gasteiger partial charge in [-0.25, -0.2) is 14.6 Å². The van der Waals surface area contributed by atoms with E-state index in [1.165, 1.54) is 11.3 Å². The number of aromatic nitrogens is 5. The van der Waals surface area contributed by atoms with Crippen molar-refractivity contribution < 1.29 is 14.6 Å². The molecule has 2 N–H and O–H groups in total. The number of ether oxygens (including phenoxy) is 1. The van der Waals surface area contributed by atoms with Crippen LogP contribution in [0.4, 0.5) is 10.8 Å². The lowest BCUT2D eigenvalue weighted by atomic mass is 10.1. The minimum Gasteiger partial charge on any atom is -0.393 e. The Bertz CT molecular complexity index is 1420. The average molecular weight is 554 g/mol. The molecule has 0 spiro atoms. The summed E-state index contributed by atoms with van der Waals surface area (Å²) in [5, 5.41) is 20.2. The number of anilines is 2. The Kier molecular flexibility index (Phi) is 7.66. The molecule has 0 atom stereocenters. The zero-order valence-corrected chi connectivity index (χ0v) is 24.2. The minimum absolute atomic E-state index is 0.00637. The Morgan fingerprint density at radius 3 is 2.79 bits per heavy atom. The van der Waals surface area contributed by atoms with Crippen LogP contribution in [0.1, 0.15) is 28.9 Å². The molecule has 1 amide bonds. The van der Waals surface area contributed by atoms with E-state index in [9.17, 15) is 9.90 Å². The van der Waals surface area contributed by atoms with Gasteiger partial charge in [0.2, 0.25) is 0 Å². The van der Waals surface area contributed by atoms with Crippen molar-refractivity contribution in [1.82, 2.24) is 29.0 Å². The first-order chi connectivity index (χ1) is 18.2. The van der Waals surface area contributed by atoms with Crippen molar-refractivity contribution in [2.75, 3.05) is 25.0 Å². The highest BCUT2D eigenvalue weighted by Gasteiger charge is 2.23. The molecule has 202 valence electrons. The summed E-state index contributed by atoms with van der Waals surface area (Å²) in [6.07, 6.45) is 8.51. The number of likely N-dealkylation sites (tertiary alicyclic amines) is 1. The summed E-state index contributed by atoms with van der Waals surface area (Å²) in [5.41, 5.74) is 4.02. The van der Waals surface area contributed by atoms with Gasteiger partial charge in [0.25, 0.3) is 5.91 Å². The van der Waals surface area contributed by atoms with E-state index in [2.05, 4.69) is 40.0 Å². The van der Waals surface area contributed by atoms with Crippen LogP contribution in [-0.4, -0.2) is 73.9 Å². The molecule has 0 aliphatic carbocycles. The second-order valence-electron chi connectivity index (χ2n) is 11.0. The molecule has 5 rings (SSSR count). The number of aliphatic hydroxyl groups is 1. The number of nitrogens with one attached hydrogen (secondary N) is 1. The van der Waals surface area contributed by atoms with Crippen molar-refractivity contribution in [3.05, 3.63) is 47.5 Å². The van der Waals surface area contributed by atoms with Crippen LogP contribution in [-0.2, 0) is 11.5 Å². The summed E-state index contributed by atoms with van der Waals surface area (Å²) in [5.74, 6) is 0.619. The molecule has 1 fully saturated rings. The minimum atomic E-state index is -1.12. The zero-order valence-electron chi connectivity index (χ0n) is 22.3. The van der Waals surface area contributed by atoms with Gasteiger partial charge in [0.1, 0.15) is 6.73 Å². The van der Waals surface area contributed by atoms with Gasteiger partial charge in [-0.3, -0.25) is 9.20 Å². The van der Waals surface area contributed by atoms with Crippen LogP contribution in [0.25, 0.3) is 16.9 Å². The second kappa shape index (κ2) is 11.0. The van der Waals surface area contributed by atoms with Crippen LogP contribution in [0.5, 0.6) is 0 Å². The monoisotopic (exact) mass is 553 g/mol. The standard InChI is InChI=1S/C26H35N7O3SSi/c1-18-14-33-22(20-12-28-32(15-20)17-36-9-10-38(2,3)4)13-27-25(33)24(29-18)30-23-11-19(16-37-23)26(35)31-7-5-21(34)6-8-31/h11-16,21,34H,5-10,17H2,1-4H3,(H,29,30). The third-order valence-electron chi connectivity index (χ3n) is 6.60. The SMILES string of the molecule is Cc1cn2c(-c3cnn(COCC[Si](C)(C)C)c3)cnc2c(Nc2cc(C(=O)N3CCC(O)CC3)cs2)n1. The van der Waals surface area contributed by atoms with Crippen molar-refractivity contribution in [2.45, 2.75) is 58.3 Å². The maximum atomic E-state index is 12.9. The maximum Gasteiger partial charge on any atom is 0.254 e. The van der Waals surface area contributed by atoms with E-state index in [4.69, 9.17) is 4.74 Å². The van der Waals surface area contributed by atoms with Gasteiger partial charge in [0.15, 0.2) is 11.5 Å². The van der Waals surface area contributed by atoms with Crippen molar-refractivity contribution in [3.8, 4) is 11.3 Å². The molecule has 38 heavy (non-hydrogen) atoms. The van der Waals surface area contributed by atoms with Gasteiger partial charge in [-0.05, 0) is 31.9 Å². The molecule has 12 heteroatoms. The number of nitrogens with zero attached hydrogens (tertiary/aromatic N) is 6. The van der Waals surface area contributed by atoms with Crippen LogP contribution < -0.4 is 5.32 Å². The number of hydrogen-bond donors (Lipinski definition) is 2. The fourth-order valence-electron chi connectivity index (χ4n) is 4.39. The van der Waals surface area contributed by atoms with Gasteiger partial charge in [0, 0.05) is 51.1 Å². The maximum absolute atomic E-state index is 12.9. The van der Waals surface area contributed by atoms with E-state index in [0.29, 0.717) is 49.7 Å². The Labute approximate surface area is 227 Å². The van der Waals surface area contributed by atoms with E-state index >= 15 is 0 Å². The van der Waals surface area contributed by atoms with Crippen LogP contribution in [0.3, 0.4) is 0 Å². The van der Waals surface area contributed by atoms with E-state index < -0.39 is 8.07 Å². The average Bonchev–Trinajstić information content (AvgIpc) is 3.61. The largest absolute Gasteiger partial charge is 0.393 e. The van der Waals surface area contributed by atoms with Crippen LogP contribution in [0.2, 0.25) is 25.7 Å². The van der Waals surface area contributed by atoms with Gasteiger partial charge in [-0.15, -0.1) is 11.3 Å². The number of amides is 1. The lowest BCUT2D eigenvalue weighted by molar-refractivity contribution is 0.0547. The normalized spacial score (nSPS) is 14.9. The third kappa shape index (κ3) is 6.15. The third-order valence-corrected chi connectivity index (χ3v) is 9.15. The van der Waals surface area contributed by atoms with E-state index in [1.807, 2.05) is 47.6 Å². The zero-order chi connectivity index (χ0) is 26.9. The number of carbonyl (C=O) groups is 1. The number of imidazole rings is 1. The number of carbonyl (C=O) groups excluding carboxylic acids is 1. The molecule has 0 unspecified atom stereocenters. The fraction of sp³-hybridized carbons (Fsp3) is 0.462. The highest BCUT2D eigenvalue weighted by molar-refractivity contribution is 7.14. The van der Waals surface area contributed by atoms with Crippen molar-refractivity contribution >= 4 is 41.8 Å². The van der Waals surface area contributed by atoms with Crippen LogP contribution in [0, 0.1) is 6.92 Å². The van der Waals surface area contributed by atoms with Gasteiger partial charge in [0.05, 0.1) is 40.5 Å². The Morgan fingerprint density at radius 2 is 2.03 bits per heavy atom. The molecule has 1 aliphatic rings. The topological polar surface area (TPSA) is 110 Å². The summed E-state index contributed by atoms with van der Waals surface area (Å²) in [7, 11) is -1.12. The Balaban J connectivity index is 1.30. The molecule has 4 aromatic heterocycles. The molecule has 0 bridgehead atoms. The molecule has 0 aromatic carbocycles. The van der Waals surface area contributed by atoms with E-state index in [0.717, 1.165) is 34.6 Å². The number of thiophene rings is 1. The first-order valence-electron chi connectivity index (χ1n) is 12.9. The second-order valence-corrected chi connectivity index (χ2v) is 17.6. The number of aliphatic hydroxyl groups excluding tert-OH is 1. The quantitative estimate of drug-likeness (QED) is 0.230. The predicted octanol–water partition coefficient (Wildman–Crippen LogP) is 4.62. The highest BCUT2D eigenvalue weighted by atomic mass is 32.1. The number of piperidine rings is 1. The van der Waals surface area contributed by atoms with Crippen molar-refractivity contribution in [3.63, 3.8) is 0 Å². The molecular formula is C26H35N7O3SSi. The molecule has 10 nitrogen and oxygen atoms in total. The molecule has 0 radical (unpaired) electrons. The molecular weight excluding hydrogens is 518 g/mol. The van der Waals surface area contributed by atoms with Gasteiger partial charge < -0.3 is 20.1 Å². The highest BCUT2D eigenvalue weighted by Crippen LogP contribution is 2.29. The molecule has 4 aromatic rings. The first kappa shape index (κ1) is 26.5. The smallest absolute Gasteiger partial charge is 0.254 e. The van der Waals surface area contributed by atoms with Gasteiger partial charge in [-0.1, -0.05) is 19.6 Å². The lowest BCUT2D eigenvalue weighted by Crippen LogP contribution is -2.39. The lowest BCUT2D eigenvalue weighted by Gasteiger charge is -2.29. The Morgan fingerprint density at radius 1 is 1.24 bits per heavy atom. The predicted molar refractivity (Wildman–Crippen MR) is 152 cm³/mol. The van der Waals surface area contributed by atoms with Gasteiger partial charge in [-0.2, -0.15) is 5.10 Å². The van der Waals surface area contributed by atoms with E-state index in [1.54, 1.807) is 9.58 Å². The summed E-state index contributed by atoms with van der Waals surface area (Å²) in [4.78, 5) is 24.0. The first-order valence-corrected chi connectivity index (χ1v) is 17.5. The summed E-state index contributed by atoms with van der Waals surface area (Å²) < 4.78 is 9.65. The van der Waals surface area contributed by atoms with Crippen LogP contribution in [0.15, 0.2) is 36.2 Å². The molecule has 0 saturated carbocycles. The summed E-state index contributed by atoms with van der Waals surface area (Å²) >= 11 is 1.46. The number of rotatable bonds is 9. The number of fused-ring (bicyclic) bond motifs is 1. The summed E-state index contributed by atoms with van der Waals surface area (Å²) in [6.45, 7) is 11.3. The van der Waals surface area contributed by atoms with E-state index in [-0.39, 0.29) is 12.0 Å². The molecule has 5 heterocycles. The molecule has 1 saturated heterocycles. The molecule has 1 aliphatic heterocycles. The van der Waals surface area contributed by atoms with Crippen molar-refractivity contribution in [1.29, 1.82) is 0 Å². The number of aryl methyl sites for hydroxylation is 1. The van der Waals surface area contributed by atoms with Crippen molar-refractivity contribution in [2.24, 2.45) is 0 Å². The number of hydrogen-bond acceptors (Lipinski definition) is 8. The summed E-state index contributed by atoms with van der Waals surface area (Å²) in [6, 6.07) is 2.98. The fourth-order valence-corrected chi connectivity index (χ4v) is 5.92. The van der Waals surface area contributed by atoms with Gasteiger partial charge >= 0.3 is 0 Å². The van der Waals surface area contributed by atoms with Crippen LogP contribution >= 0.6 is 11.3 Å².